The highest BCUT2D eigenvalue weighted by atomic mass is 32.2. The van der Waals surface area contributed by atoms with Crippen molar-refractivity contribution in [2.75, 3.05) is 5.32 Å². The summed E-state index contributed by atoms with van der Waals surface area (Å²) in [5.41, 5.74) is 3.21. The summed E-state index contributed by atoms with van der Waals surface area (Å²) in [7, 11) is -3.70. The van der Waals surface area contributed by atoms with Crippen molar-refractivity contribution < 1.29 is 17.6 Å². The van der Waals surface area contributed by atoms with Crippen LogP contribution in [0.4, 0.5) is 5.69 Å². The van der Waals surface area contributed by atoms with E-state index < -0.39 is 10.0 Å². The maximum absolute atomic E-state index is 12.6. The maximum atomic E-state index is 12.6. The fourth-order valence-electron chi connectivity index (χ4n) is 2.84. The van der Waals surface area contributed by atoms with Crippen LogP contribution in [0.5, 0.6) is 0 Å². The van der Waals surface area contributed by atoms with Crippen molar-refractivity contribution >= 4 is 21.6 Å². The summed E-state index contributed by atoms with van der Waals surface area (Å²) in [6, 6.07) is 15.1. The first-order valence-corrected chi connectivity index (χ1v) is 10.4. The van der Waals surface area contributed by atoms with Crippen molar-refractivity contribution in [2.45, 2.75) is 31.7 Å². The molecule has 0 aliphatic heterocycles. The third kappa shape index (κ3) is 4.49. The van der Waals surface area contributed by atoms with Crippen LogP contribution in [0.25, 0.3) is 0 Å². The van der Waals surface area contributed by atoms with Crippen molar-refractivity contribution in [1.29, 1.82) is 0 Å². The minimum absolute atomic E-state index is 0.0602. The quantitative estimate of drug-likeness (QED) is 0.632. The Balaban J connectivity index is 1.72. The number of carbonyl (C=O) groups excluding carboxylic acids is 1. The summed E-state index contributed by atoms with van der Waals surface area (Å²) in [5.74, 6) is 0.237. The Hall–Kier alpha value is -2.90. The molecule has 146 valence electrons. The Bertz CT molecular complexity index is 1060. The monoisotopic (exact) mass is 398 g/mol. The van der Waals surface area contributed by atoms with Gasteiger partial charge in [0.25, 0.3) is 5.91 Å². The lowest BCUT2D eigenvalue weighted by Crippen LogP contribution is -2.23. The predicted octanol–water partition coefficient (Wildman–Crippen LogP) is 3.88. The van der Waals surface area contributed by atoms with Crippen molar-refractivity contribution in [1.82, 2.24) is 4.72 Å². The number of benzene rings is 2. The molecular formula is C21H22N2O4S. The molecule has 6 nitrogen and oxygen atoms in total. The van der Waals surface area contributed by atoms with E-state index in [2.05, 4.69) is 10.0 Å². The van der Waals surface area contributed by atoms with Crippen LogP contribution in [0, 0.1) is 6.92 Å². The van der Waals surface area contributed by atoms with Gasteiger partial charge in [-0.3, -0.25) is 4.79 Å². The number of rotatable bonds is 7. The summed E-state index contributed by atoms with van der Waals surface area (Å²) in [6.07, 6.45) is 2.28. The van der Waals surface area contributed by atoms with E-state index in [1.165, 1.54) is 30.5 Å². The molecule has 0 aliphatic rings. The summed E-state index contributed by atoms with van der Waals surface area (Å²) in [4.78, 5) is 12.7. The van der Waals surface area contributed by atoms with E-state index in [1.54, 1.807) is 12.1 Å². The first-order chi connectivity index (χ1) is 13.4. The third-order valence-corrected chi connectivity index (χ3v) is 5.84. The first kappa shape index (κ1) is 19.9. The molecule has 0 spiro atoms. The van der Waals surface area contributed by atoms with Crippen LogP contribution in [0.1, 0.15) is 34.2 Å². The van der Waals surface area contributed by atoms with E-state index in [0.717, 1.165) is 23.2 Å². The fraction of sp³-hybridized carbons (Fsp3) is 0.190. The molecule has 0 saturated carbocycles. The highest BCUT2D eigenvalue weighted by Crippen LogP contribution is 2.22. The third-order valence-electron chi connectivity index (χ3n) is 4.42. The van der Waals surface area contributed by atoms with Gasteiger partial charge in [-0.1, -0.05) is 25.1 Å². The van der Waals surface area contributed by atoms with Crippen molar-refractivity contribution in [3.8, 4) is 0 Å². The number of carbonyl (C=O) groups is 1. The molecule has 7 heteroatoms. The van der Waals surface area contributed by atoms with Crippen molar-refractivity contribution in [3.05, 3.63) is 83.3 Å². The van der Waals surface area contributed by atoms with Crippen LogP contribution in [-0.4, -0.2) is 14.3 Å². The van der Waals surface area contributed by atoms with Crippen LogP contribution in [0.15, 0.2) is 70.2 Å². The molecule has 0 radical (unpaired) electrons. The second kappa shape index (κ2) is 8.41. The number of anilines is 1. The SMILES string of the molecule is CCc1cccc(C)c1NC(=O)c1ccc(S(=O)(=O)NCc2ccco2)cc1. The molecule has 1 aromatic heterocycles. The minimum atomic E-state index is -3.70. The zero-order chi connectivity index (χ0) is 20.1. The number of nitrogens with one attached hydrogen (secondary N) is 2. The smallest absolute Gasteiger partial charge is 0.255 e. The number of amides is 1. The number of furan rings is 1. The molecule has 0 bridgehead atoms. The first-order valence-electron chi connectivity index (χ1n) is 8.92. The molecule has 1 heterocycles. The Morgan fingerprint density at radius 2 is 1.79 bits per heavy atom. The molecule has 0 unspecified atom stereocenters. The van der Waals surface area contributed by atoms with E-state index in [4.69, 9.17) is 4.42 Å². The van der Waals surface area contributed by atoms with Crippen molar-refractivity contribution in [2.24, 2.45) is 0 Å². The molecule has 0 fully saturated rings. The summed E-state index contributed by atoms with van der Waals surface area (Å²) >= 11 is 0. The standard InChI is InChI=1S/C21H22N2O4S/c1-3-16-7-4-6-15(2)20(16)23-21(24)17-9-11-19(12-10-17)28(25,26)22-14-18-8-5-13-27-18/h4-13,22H,3,14H2,1-2H3,(H,23,24). The molecular weight excluding hydrogens is 376 g/mol. The topological polar surface area (TPSA) is 88.4 Å². The van der Waals surface area contributed by atoms with Crippen LogP contribution in [0.2, 0.25) is 0 Å². The molecule has 0 saturated heterocycles. The van der Waals surface area contributed by atoms with E-state index in [0.29, 0.717) is 11.3 Å². The van der Waals surface area contributed by atoms with E-state index >= 15 is 0 Å². The highest BCUT2D eigenvalue weighted by Gasteiger charge is 2.16. The number of sulfonamides is 1. The zero-order valence-corrected chi connectivity index (χ0v) is 16.5. The van der Waals surface area contributed by atoms with Crippen molar-refractivity contribution in [3.63, 3.8) is 0 Å². The zero-order valence-electron chi connectivity index (χ0n) is 15.7. The molecule has 3 aromatic rings. The average Bonchev–Trinajstić information content (AvgIpc) is 3.22. The summed E-state index contributed by atoms with van der Waals surface area (Å²) < 4.78 is 32.3. The molecule has 0 atom stereocenters. The average molecular weight is 398 g/mol. The van der Waals surface area contributed by atoms with E-state index in [9.17, 15) is 13.2 Å². The Morgan fingerprint density at radius 1 is 1.04 bits per heavy atom. The normalized spacial score (nSPS) is 11.4. The predicted molar refractivity (Wildman–Crippen MR) is 108 cm³/mol. The lowest BCUT2D eigenvalue weighted by Gasteiger charge is -2.13. The second-order valence-corrected chi connectivity index (χ2v) is 8.11. The number of aryl methyl sites for hydroxylation is 2. The summed E-state index contributed by atoms with van der Waals surface area (Å²) in [6.45, 7) is 4.03. The van der Waals surface area contributed by atoms with Gasteiger partial charge in [0, 0.05) is 11.3 Å². The number of para-hydroxylation sites is 1. The number of hydrogen-bond acceptors (Lipinski definition) is 4. The Labute approximate surface area is 164 Å². The van der Waals surface area contributed by atoms with Gasteiger partial charge in [0.05, 0.1) is 17.7 Å². The van der Waals surface area contributed by atoms with Crippen LogP contribution in [0.3, 0.4) is 0 Å². The molecule has 2 N–H and O–H groups in total. The maximum Gasteiger partial charge on any atom is 0.255 e. The van der Waals surface area contributed by atoms with Gasteiger partial charge in [0.2, 0.25) is 10.0 Å². The molecule has 1 amide bonds. The van der Waals surface area contributed by atoms with Crippen LogP contribution in [-0.2, 0) is 23.0 Å². The van der Waals surface area contributed by atoms with Gasteiger partial charge < -0.3 is 9.73 Å². The van der Waals surface area contributed by atoms with E-state index in [1.807, 2.05) is 32.0 Å². The Morgan fingerprint density at radius 3 is 2.43 bits per heavy atom. The van der Waals surface area contributed by atoms with Gasteiger partial charge in [-0.05, 0) is 60.9 Å². The molecule has 0 aliphatic carbocycles. The minimum Gasteiger partial charge on any atom is -0.468 e. The fourth-order valence-corrected chi connectivity index (χ4v) is 3.83. The van der Waals surface area contributed by atoms with Gasteiger partial charge in [-0.25, -0.2) is 13.1 Å². The lowest BCUT2D eigenvalue weighted by molar-refractivity contribution is 0.102. The lowest BCUT2D eigenvalue weighted by atomic mass is 10.1. The molecule has 28 heavy (non-hydrogen) atoms. The summed E-state index contributed by atoms with van der Waals surface area (Å²) in [5, 5.41) is 2.93. The van der Waals surface area contributed by atoms with Gasteiger partial charge in [-0.2, -0.15) is 0 Å². The Kier molecular flexibility index (Phi) is 5.96. The van der Waals surface area contributed by atoms with Gasteiger partial charge in [0.1, 0.15) is 5.76 Å². The van der Waals surface area contributed by atoms with Crippen LogP contribution >= 0.6 is 0 Å². The highest BCUT2D eigenvalue weighted by molar-refractivity contribution is 7.89. The van der Waals surface area contributed by atoms with Gasteiger partial charge in [0.15, 0.2) is 0 Å². The second-order valence-electron chi connectivity index (χ2n) is 6.35. The molecule has 3 rings (SSSR count). The van der Waals surface area contributed by atoms with Gasteiger partial charge >= 0.3 is 0 Å². The van der Waals surface area contributed by atoms with Gasteiger partial charge in [-0.15, -0.1) is 0 Å². The largest absolute Gasteiger partial charge is 0.468 e. The van der Waals surface area contributed by atoms with E-state index in [-0.39, 0.29) is 17.3 Å². The molecule has 2 aromatic carbocycles. The number of hydrogen-bond donors (Lipinski definition) is 2. The van der Waals surface area contributed by atoms with Crippen LogP contribution < -0.4 is 10.0 Å².